The Morgan fingerprint density at radius 3 is 3.06 bits per heavy atom. The Hall–Kier alpha value is -0.980. The molecule has 2 aromatic rings. The molecule has 96 valence electrons. The summed E-state index contributed by atoms with van der Waals surface area (Å²) in [5, 5.41) is 3.99. The molecule has 0 saturated heterocycles. The Labute approximate surface area is 117 Å². The molecule has 1 aromatic heterocycles. The molecule has 0 aliphatic heterocycles. The minimum absolute atomic E-state index is 0.262. The first-order valence-corrected chi connectivity index (χ1v) is 6.95. The van der Waals surface area contributed by atoms with E-state index >= 15 is 0 Å². The summed E-state index contributed by atoms with van der Waals surface area (Å²) < 4.78 is 18.6. The number of aromatic nitrogens is 1. The maximum absolute atomic E-state index is 13.1. The molecule has 0 aliphatic rings. The van der Waals surface area contributed by atoms with Crippen LogP contribution in [0.3, 0.4) is 0 Å². The van der Waals surface area contributed by atoms with Gasteiger partial charge in [0.05, 0.1) is 16.0 Å². The molecule has 2 rings (SSSR count). The number of thiazole rings is 1. The predicted octanol–water partition coefficient (Wildman–Crippen LogP) is 3.77. The van der Waals surface area contributed by atoms with Gasteiger partial charge in [-0.25, -0.2) is 9.37 Å². The Kier molecular flexibility index (Phi) is 4.68. The highest BCUT2D eigenvalue weighted by Crippen LogP contribution is 2.31. The summed E-state index contributed by atoms with van der Waals surface area (Å²) in [6.45, 7) is 1.35. The largest absolute Gasteiger partial charge is 0.383 e. The molecule has 0 aliphatic carbocycles. The number of nitrogens with zero attached hydrogens (tertiary/aromatic N) is 1. The molecule has 0 spiro atoms. The summed E-state index contributed by atoms with van der Waals surface area (Å²) in [6, 6.07) is 4.94. The number of benzene rings is 1. The maximum Gasteiger partial charge on any atom is 0.183 e. The first-order valence-electron chi connectivity index (χ1n) is 5.35. The molecule has 0 amide bonds. The quantitative estimate of drug-likeness (QED) is 0.847. The smallest absolute Gasteiger partial charge is 0.183 e. The lowest BCUT2D eigenvalue weighted by Gasteiger charge is -2.00. The fraction of sp³-hybridized carbons (Fsp3) is 0.250. The molecule has 0 unspecified atom stereocenters. The molecule has 1 aromatic carbocycles. The van der Waals surface area contributed by atoms with Gasteiger partial charge < -0.3 is 10.1 Å². The lowest BCUT2D eigenvalue weighted by Crippen LogP contribution is -2.06. The van der Waals surface area contributed by atoms with Gasteiger partial charge in [-0.15, -0.1) is 0 Å². The molecular formula is C12H12BrFN2OS. The lowest BCUT2D eigenvalue weighted by molar-refractivity contribution is 0.211. The van der Waals surface area contributed by atoms with Crippen LogP contribution in [-0.2, 0) is 4.74 Å². The number of nitrogens with one attached hydrogen (secondary N) is 1. The molecule has 18 heavy (non-hydrogen) atoms. The van der Waals surface area contributed by atoms with E-state index in [1.807, 2.05) is 0 Å². The third-order valence-electron chi connectivity index (χ3n) is 2.29. The van der Waals surface area contributed by atoms with Gasteiger partial charge in [0.15, 0.2) is 5.13 Å². The summed E-state index contributed by atoms with van der Waals surface area (Å²) in [5.74, 6) is -0.262. The van der Waals surface area contributed by atoms with Crippen LogP contribution in [0.5, 0.6) is 0 Å². The van der Waals surface area contributed by atoms with Crippen molar-refractivity contribution in [2.24, 2.45) is 0 Å². The van der Waals surface area contributed by atoms with E-state index in [1.165, 1.54) is 17.4 Å². The van der Waals surface area contributed by atoms with Gasteiger partial charge in [0.2, 0.25) is 0 Å². The molecule has 3 nitrogen and oxygen atoms in total. The van der Waals surface area contributed by atoms with E-state index in [0.717, 1.165) is 22.1 Å². The molecular weight excluding hydrogens is 319 g/mol. The van der Waals surface area contributed by atoms with Crippen LogP contribution in [0.15, 0.2) is 28.9 Å². The number of hydrogen-bond donors (Lipinski definition) is 1. The van der Waals surface area contributed by atoms with Crippen molar-refractivity contribution >= 4 is 32.4 Å². The summed E-state index contributed by atoms with van der Waals surface area (Å²) in [4.78, 5) is 5.26. The lowest BCUT2D eigenvalue weighted by atomic mass is 10.2. The van der Waals surface area contributed by atoms with E-state index in [9.17, 15) is 4.39 Å². The first kappa shape index (κ1) is 13.5. The van der Waals surface area contributed by atoms with Crippen LogP contribution in [0, 0.1) is 5.82 Å². The van der Waals surface area contributed by atoms with Crippen LogP contribution in [0.2, 0.25) is 0 Å². The van der Waals surface area contributed by atoms with Crippen molar-refractivity contribution in [1.29, 1.82) is 0 Å². The molecule has 1 N–H and O–H groups in total. The minimum atomic E-state index is -0.262. The maximum atomic E-state index is 13.1. The highest BCUT2D eigenvalue weighted by atomic mass is 79.9. The fourth-order valence-corrected chi connectivity index (χ4v) is 2.62. The number of rotatable bonds is 5. The van der Waals surface area contributed by atoms with Crippen LogP contribution < -0.4 is 5.32 Å². The van der Waals surface area contributed by atoms with Gasteiger partial charge in [0, 0.05) is 19.9 Å². The van der Waals surface area contributed by atoms with Gasteiger partial charge in [-0.05, 0) is 33.6 Å². The van der Waals surface area contributed by atoms with E-state index in [4.69, 9.17) is 4.74 Å². The summed E-state index contributed by atoms with van der Waals surface area (Å²) in [5.41, 5.74) is 0.945. The van der Waals surface area contributed by atoms with Crippen LogP contribution in [0.1, 0.15) is 0 Å². The predicted molar refractivity (Wildman–Crippen MR) is 75.6 cm³/mol. The van der Waals surface area contributed by atoms with E-state index in [0.29, 0.717) is 11.1 Å². The molecule has 1 heterocycles. The Morgan fingerprint density at radius 1 is 1.50 bits per heavy atom. The highest BCUT2D eigenvalue weighted by molar-refractivity contribution is 9.10. The zero-order valence-corrected chi connectivity index (χ0v) is 12.1. The van der Waals surface area contributed by atoms with Crippen molar-refractivity contribution in [3.8, 4) is 10.4 Å². The third-order valence-corrected chi connectivity index (χ3v) is 3.90. The molecule has 0 fully saturated rings. The van der Waals surface area contributed by atoms with Crippen LogP contribution >= 0.6 is 27.3 Å². The van der Waals surface area contributed by atoms with Crippen molar-refractivity contribution in [1.82, 2.24) is 4.98 Å². The Balaban J connectivity index is 2.11. The van der Waals surface area contributed by atoms with Gasteiger partial charge in [0.25, 0.3) is 0 Å². The van der Waals surface area contributed by atoms with Gasteiger partial charge >= 0.3 is 0 Å². The van der Waals surface area contributed by atoms with E-state index in [-0.39, 0.29) is 5.82 Å². The van der Waals surface area contributed by atoms with Crippen LogP contribution in [-0.4, -0.2) is 25.2 Å². The zero-order chi connectivity index (χ0) is 13.0. The zero-order valence-electron chi connectivity index (χ0n) is 9.74. The number of halogens is 2. The molecule has 0 saturated carbocycles. The Morgan fingerprint density at radius 2 is 2.33 bits per heavy atom. The Bertz CT molecular complexity index is 533. The third kappa shape index (κ3) is 3.28. The van der Waals surface area contributed by atoms with Crippen molar-refractivity contribution in [2.75, 3.05) is 25.6 Å². The second kappa shape index (κ2) is 6.26. The van der Waals surface area contributed by atoms with Crippen molar-refractivity contribution in [3.05, 3.63) is 34.7 Å². The second-order valence-electron chi connectivity index (χ2n) is 3.58. The fourth-order valence-electron chi connectivity index (χ4n) is 1.40. The minimum Gasteiger partial charge on any atom is -0.383 e. The van der Waals surface area contributed by atoms with E-state index in [1.54, 1.807) is 25.4 Å². The number of hydrogen-bond acceptors (Lipinski definition) is 4. The molecule has 6 heteroatoms. The number of anilines is 1. The number of ether oxygens (including phenoxy) is 1. The van der Waals surface area contributed by atoms with Crippen molar-refractivity contribution in [3.63, 3.8) is 0 Å². The van der Waals surface area contributed by atoms with Gasteiger partial charge in [0.1, 0.15) is 5.82 Å². The topological polar surface area (TPSA) is 34.1 Å². The standard InChI is InChI=1S/C12H12BrFN2OS/c1-17-5-4-15-12-16-7-11(18-12)8-2-3-10(14)9(13)6-8/h2-3,6-7H,4-5H2,1H3,(H,15,16). The van der Waals surface area contributed by atoms with Crippen LogP contribution in [0.4, 0.5) is 9.52 Å². The van der Waals surface area contributed by atoms with Crippen LogP contribution in [0.25, 0.3) is 10.4 Å². The normalized spacial score (nSPS) is 10.6. The SMILES string of the molecule is COCCNc1ncc(-c2ccc(F)c(Br)c2)s1. The van der Waals surface area contributed by atoms with Gasteiger partial charge in [-0.1, -0.05) is 17.4 Å². The van der Waals surface area contributed by atoms with Crippen molar-refractivity contribution in [2.45, 2.75) is 0 Å². The average Bonchev–Trinajstić information content (AvgIpc) is 2.82. The number of methoxy groups -OCH3 is 1. The second-order valence-corrected chi connectivity index (χ2v) is 5.46. The monoisotopic (exact) mass is 330 g/mol. The molecule has 0 bridgehead atoms. The molecule has 0 atom stereocenters. The summed E-state index contributed by atoms with van der Waals surface area (Å²) >= 11 is 4.71. The van der Waals surface area contributed by atoms with E-state index in [2.05, 4.69) is 26.2 Å². The van der Waals surface area contributed by atoms with Crippen molar-refractivity contribution < 1.29 is 9.13 Å². The summed E-state index contributed by atoms with van der Waals surface area (Å²) in [6.07, 6.45) is 1.78. The highest BCUT2D eigenvalue weighted by Gasteiger charge is 2.06. The van der Waals surface area contributed by atoms with E-state index < -0.39 is 0 Å². The van der Waals surface area contributed by atoms with Gasteiger partial charge in [-0.3, -0.25) is 0 Å². The average molecular weight is 331 g/mol. The van der Waals surface area contributed by atoms with Gasteiger partial charge in [-0.2, -0.15) is 0 Å². The first-order chi connectivity index (χ1) is 8.70. The summed E-state index contributed by atoms with van der Waals surface area (Å²) in [7, 11) is 1.66. The molecule has 0 radical (unpaired) electrons.